The fourth-order valence-corrected chi connectivity index (χ4v) is 3.79. The Bertz CT molecular complexity index is 1290. The number of benzene rings is 1. The Morgan fingerprint density at radius 1 is 0.889 bits per heavy atom. The van der Waals surface area contributed by atoms with Crippen molar-refractivity contribution in [1.29, 1.82) is 0 Å². The van der Waals surface area contributed by atoms with Gasteiger partial charge >= 0.3 is 0 Å². The molecule has 0 radical (unpaired) electrons. The lowest BCUT2D eigenvalue weighted by atomic mass is 10.2. The third-order valence-corrected chi connectivity index (χ3v) is 5.72. The van der Waals surface area contributed by atoms with Gasteiger partial charge < -0.3 is 20.4 Å². The van der Waals surface area contributed by atoms with Gasteiger partial charge in [-0.3, -0.25) is 9.78 Å². The number of hydrogen-bond donors (Lipinski definition) is 2. The summed E-state index contributed by atoms with van der Waals surface area (Å²) in [6.45, 7) is 5.11. The summed E-state index contributed by atoms with van der Waals surface area (Å²) in [6.07, 6.45) is 7.35. The van der Waals surface area contributed by atoms with Crippen molar-refractivity contribution in [3.63, 3.8) is 0 Å². The Hall–Kier alpha value is -4.67. The molecule has 0 spiro atoms. The Morgan fingerprint density at radius 2 is 1.69 bits per heavy atom. The molecule has 4 aromatic rings. The van der Waals surface area contributed by atoms with E-state index in [9.17, 15) is 4.79 Å². The highest BCUT2D eigenvalue weighted by molar-refractivity contribution is 6.04. The van der Waals surface area contributed by atoms with E-state index >= 15 is 0 Å². The number of para-hydroxylation sites is 1. The molecule has 36 heavy (non-hydrogen) atoms. The number of aryl methyl sites for hydroxylation is 1. The maximum Gasteiger partial charge on any atom is 0.257 e. The molecule has 1 aromatic carbocycles. The summed E-state index contributed by atoms with van der Waals surface area (Å²) >= 11 is 0. The molecule has 1 aliphatic rings. The molecule has 1 saturated heterocycles. The minimum absolute atomic E-state index is 0.225. The van der Waals surface area contributed by atoms with Gasteiger partial charge in [-0.1, -0.05) is 25.1 Å². The zero-order valence-corrected chi connectivity index (χ0v) is 19.9. The van der Waals surface area contributed by atoms with E-state index in [0.29, 0.717) is 35.5 Å². The van der Waals surface area contributed by atoms with Gasteiger partial charge in [-0.05, 0) is 24.3 Å². The summed E-state index contributed by atoms with van der Waals surface area (Å²) in [5.41, 5.74) is 1.18. The topological polar surface area (TPSA) is 125 Å². The normalized spacial score (nSPS) is 13.4. The number of rotatable bonds is 7. The number of anilines is 5. The average Bonchev–Trinajstić information content (AvgIpc) is 2.94. The number of pyridine rings is 1. The zero-order chi connectivity index (χ0) is 24.7. The molecule has 0 aliphatic carbocycles. The van der Waals surface area contributed by atoms with Crippen molar-refractivity contribution in [2.45, 2.75) is 13.3 Å². The first-order chi connectivity index (χ1) is 17.7. The molecule has 0 unspecified atom stereocenters. The lowest BCUT2D eigenvalue weighted by Crippen LogP contribution is -2.47. The van der Waals surface area contributed by atoms with Crippen LogP contribution >= 0.6 is 0 Å². The molecule has 0 saturated carbocycles. The van der Waals surface area contributed by atoms with Crippen LogP contribution in [0.3, 0.4) is 0 Å². The van der Waals surface area contributed by atoms with E-state index in [-0.39, 0.29) is 5.91 Å². The minimum Gasteiger partial charge on any atom is -0.352 e. The van der Waals surface area contributed by atoms with Crippen LogP contribution in [0.15, 0.2) is 67.3 Å². The Balaban J connectivity index is 1.25. The molecule has 1 amide bonds. The van der Waals surface area contributed by atoms with Crippen LogP contribution in [0.2, 0.25) is 0 Å². The predicted molar refractivity (Wildman–Crippen MR) is 138 cm³/mol. The van der Waals surface area contributed by atoms with Crippen LogP contribution in [0, 0.1) is 0 Å². The van der Waals surface area contributed by atoms with Gasteiger partial charge in [-0.15, -0.1) is 0 Å². The third kappa shape index (κ3) is 5.52. The number of amides is 1. The molecular formula is C25H26N10O. The Morgan fingerprint density at radius 3 is 2.39 bits per heavy atom. The molecule has 11 nitrogen and oxygen atoms in total. The highest BCUT2D eigenvalue weighted by Crippen LogP contribution is 2.19. The molecule has 2 N–H and O–H groups in total. The van der Waals surface area contributed by atoms with Crippen molar-refractivity contribution in [2.75, 3.05) is 46.6 Å². The molecule has 182 valence electrons. The Labute approximate surface area is 208 Å². The number of aromatic nitrogens is 6. The summed E-state index contributed by atoms with van der Waals surface area (Å²) in [6, 6.07) is 12.7. The van der Waals surface area contributed by atoms with Crippen molar-refractivity contribution in [1.82, 2.24) is 29.9 Å². The lowest BCUT2D eigenvalue weighted by molar-refractivity contribution is 0.102. The molecule has 5 rings (SSSR count). The summed E-state index contributed by atoms with van der Waals surface area (Å²) in [4.78, 5) is 43.5. The Kier molecular flexibility index (Phi) is 6.88. The smallest absolute Gasteiger partial charge is 0.257 e. The van der Waals surface area contributed by atoms with E-state index in [0.717, 1.165) is 37.7 Å². The number of carbonyl (C=O) groups excluding carboxylic acids is 1. The van der Waals surface area contributed by atoms with Crippen LogP contribution in [0.1, 0.15) is 23.1 Å². The highest BCUT2D eigenvalue weighted by Gasteiger charge is 2.21. The monoisotopic (exact) mass is 482 g/mol. The lowest BCUT2D eigenvalue weighted by Gasteiger charge is -2.35. The fraction of sp³-hybridized carbons (Fsp3) is 0.240. The van der Waals surface area contributed by atoms with Gasteiger partial charge in [0.2, 0.25) is 11.9 Å². The van der Waals surface area contributed by atoms with Gasteiger partial charge in [0.25, 0.3) is 5.91 Å². The first-order valence-electron chi connectivity index (χ1n) is 11.8. The SMILES string of the molecule is CCc1nc(Nc2ccc(C(=O)Nc3ccccc3)cn2)nc(N2CCN(c3cnccn3)CC2)n1. The summed E-state index contributed by atoms with van der Waals surface area (Å²) < 4.78 is 0. The molecule has 1 fully saturated rings. The van der Waals surface area contributed by atoms with Gasteiger partial charge in [-0.25, -0.2) is 9.97 Å². The van der Waals surface area contributed by atoms with Gasteiger partial charge in [0, 0.05) is 56.9 Å². The van der Waals surface area contributed by atoms with Crippen LogP contribution in [-0.2, 0) is 6.42 Å². The molecule has 0 atom stereocenters. The van der Waals surface area contributed by atoms with Gasteiger partial charge in [0.1, 0.15) is 17.5 Å². The quantitative estimate of drug-likeness (QED) is 0.406. The standard InChI is InChI=1S/C25H26N10O/c1-2-20-30-24(31-21-9-8-18(16-28-21)23(36)29-19-6-4-3-5-7-19)33-25(32-20)35-14-12-34(13-15-35)22-17-26-10-11-27-22/h3-11,16-17H,2,12-15H2,1H3,(H,29,36)(H,28,30,31,32,33). The van der Waals surface area contributed by atoms with Gasteiger partial charge in [0.15, 0.2) is 0 Å². The molecule has 3 aromatic heterocycles. The predicted octanol–water partition coefficient (Wildman–Crippen LogP) is 2.94. The summed E-state index contributed by atoms with van der Waals surface area (Å²) in [5.74, 6) is 2.92. The van der Waals surface area contributed by atoms with Crippen LogP contribution in [0.25, 0.3) is 0 Å². The van der Waals surface area contributed by atoms with Crippen LogP contribution in [0.4, 0.5) is 29.2 Å². The second-order valence-electron chi connectivity index (χ2n) is 8.14. The van der Waals surface area contributed by atoms with Crippen molar-refractivity contribution < 1.29 is 4.79 Å². The van der Waals surface area contributed by atoms with Crippen molar-refractivity contribution in [2.24, 2.45) is 0 Å². The van der Waals surface area contributed by atoms with E-state index < -0.39 is 0 Å². The first-order valence-corrected chi connectivity index (χ1v) is 11.8. The van der Waals surface area contributed by atoms with E-state index in [1.165, 1.54) is 6.20 Å². The van der Waals surface area contributed by atoms with Crippen molar-refractivity contribution >= 4 is 35.1 Å². The van der Waals surface area contributed by atoms with Crippen molar-refractivity contribution in [3.8, 4) is 0 Å². The van der Waals surface area contributed by atoms with Gasteiger partial charge in [-0.2, -0.15) is 15.0 Å². The summed E-state index contributed by atoms with van der Waals surface area (Å²) in [5, 5.41) is 6.00. The number of nitrogens with zero attached hydrogens (tertiary/aromatic N) is 8. The van der Waals surface area contributed by atoms with E-state index in [4.69, 9.17) is 0 Å². The molecule has 0 bridgehead atoms. The first kappa shape index (κ1) is 23.1. The number of hydrogen-bond acceptors (Lipinski definition) is 10. The zero-order valence-electron chi connectivity index (χ0n) is 19.9. The third-order valence-electron chi connectivity index (χ3n) is 5.72. The number of piperazine rings is 1. The highest BCUT2D eigenvalue weighted by atomic mass is 16.1. The van der Waals surface area contributed by atoms with Gasteiger partial charge in [0.05, 0.1) is 11.8 Å². The number of carbonyl (C=O) groups is 1. The maximum atomic E-state index is 12.5. The molecule has 1 aliphatic heterocycles. The van der Waals surface area contributed by atoms with E-state index in [2.05, 4.69) is 50.3 Å². The van der Waals surface area contributed by atoms with Crippen LogP contribution in [-0.4, -0.2) is 62.0 Å². The summed E-state index contributed by atoms with van der Waals surface area (Å²) in [7, 11) is 0. The van der Waals surface area contributed by atoms with Crippen LogP contribution < -0.4 is 20.4 Å². The number of nitrogens with one attached hydrogen (secondary N) is 2. The molecule has 4 heterocycles. The maximum absolute atomic E-state index is 12.5. The molecule has 11 heteroatoms. The fourth-order valence-electron chi connectivity index (χ4n) is 3.79. The van der Waals surface area contributed by atoms with E-state index in [1.54, 1.807) is 30.7 Å². The largest absolute Gasteiger partial charge is 0.352 e. The van der Waals surface area contributed by atoms with Crippen LogP contribution in [0.5, 0.6) is 0 Å². The van der Waals surface area contributed by atoms with E-state index in [1.807, 2.05) is 37.3 Å². The minimum atomic E-state index is -0.225. The molecular weight excluding hydrogens is 456 g/mol. The second-order valence-corrected chi connectivity index (χ2v) is 8.14. The van der Waals surface area contributed by atoms with Crippen molar-refractivity contribution in [3.05, 3.63) is 78.6 Å². The average molecular weight is 483 g/mol. The second kappa shape index (κ2) is 10.7.